The van der Waals surface area contributed by atoms with Gasteiger partial charge in [-0.1, -0.05) is 19.9 Å². The molecule has 2 rings (SSSR count). The monoisotopic (exact) mass is 400 g/mol. The lowest BCUT2D eigenvalue weighted by molar-refractivity contribution is 0.434. The van der Waals surface area contributed by atoms with Gasteiger partial charge in [-0.25, -0.2) is 30.8 Å². The molecular weight excluding hydrogens is 376 g/mol. The molecule has 0 amide bonds. The van der Waals surface area contributed by atoms with Crippen LogP contribution in [0, 0.1) is 5.92 Å². The number of nitrogens with one attached hydrogen (secondary N) is 1. The first-order chi connectivity index (χ1) is 12.0. The first-order valence-electron chi connectivity index (χ1n) is 7.99. The van der Waals surface area contributed by atoms with Crippen molar-refractivity contribution >= 4 is 20.0 Å². The van der Waals surface area contributed by atoms with E-state index >= 15 is 0 Å². The van der Waals surface area contributed by atoms with Crippen molar-refractivity contribution in [3.05, 3.63) is 42.5 Å². The maximum Gasteiger partial charge on any atom is 0.242 e. The van der Waals surface area contributed by atoms with Crippen LogP contribution in [0.3, 0.4) is 0 Å². The highest BCUT2D eigenvalue weighted by Gasteiger charge is 2.28. The average Bonchev–Trinajstić information content (AvgIpc) is 2.98. The Labute approximate surface area is 155 Å². The van der Waals surface area contributed by atoms with Gasteiger partial charge in [-0.15, -0.1) is 0 Å². The van der Waals surface area contributed by atoms with Crippen LogP contribution in [-0.2, 0) is 27.1 Å². The van der Waals surface area contributed by atoms with E-state index in [0.29, 0.717) is 5.82 Å². The molecule has 10 heteroatoms. The average molecular weight is 401 g/mol. The van der Waals surface area contributed by atoms with Gasteiger partial charge in [0.1, 0.15) is 5.82 Å². The minimum absolute atomic E-state index is 0.0560. The largest absolute Gasteiger partial charge is 0.337 e. The van der Waals surface area contributed by atoms with E-state index < -0.39 is 26.1 Å². The molecule has 1 heterocycles. The summed E-state index contributed by atoms with van der Waals surface area (Å²) in [6.07, 6.45) is 3.34. The Hall–Kier alpha value is -1.75. The van der Waals surface area contributed by atoms with Crippen LogP contribution in [0.15, 0.2) is 46.5 Å². The topological polar surface area (TPSA) is 101 Å². The number of aromatic nitrogens is 2. The van der Waals surface area contributed by atoms with Gasteiger partial charge < -0.3 is 4.57 Å². The molecule has 0 saturated heterocycles. The number of sulfonamides is 2. The lowest BCUT2D eigenvalue weighted by atomic mass is 10.1. The van der Waals surface area contributed by atoms with Gasteiger partial charge in [0.05, 0.1) is 15.8 Å². The summed E-state index contributed by atoms with van der Waals surface area (Å²) in [4.78, 5) is 4.04. The minimum atomic E-state index is -3.94. The van der Waals surface area contributed by atoms with Crippen molar-refractivity contribution < 1.29 is 16.8 Å². The van der Waals surface area contributed by atoms with Crippen molar-refractivity contribution in [2.24, 2.45) is 13.0 Å². The molecule has 0 aliphatic carbocycles. The number of hydrogen-bond acceptors (Lipinski definition) is 5. The van der Waals surface area contributed by atoms with Crippen molar-refractivity contribution in [1.29, 1.82) is 0 Å². The smallest absolute Gasteiger partial charge is 0.242 e. The summed E-state index contributed by atoms with van der Waals surface area (Å²) in [6.45, 7) is 3.77. The fraction of sp³-hybridized carbons (Fsp3) is 0.438. The van der Waals surface area contributed by atoms with Gasteiger partial charge in [-0.2, -0.15) is 0 Å². The first kappa shape index (κ1) is 20.6. The summed E-state index contributed by atoms with van der Waals surface area (Å²) < 4.78 is 55.7. The molecule has 1 atom stereocenters. The molecule has 0 unspecified atom stereocenters. The van der Waals surface area contributed by atoms with Crippen LogP contribution in [0.5, 0.6) is 0 Å². The van der Waals surface area contributed by atoms with Crippen molar-refractivity contribution in [2.75, 3.05) is 14.1 Å². The number of imidazole rings is 1. The number of hydrogen-bond donors (Lipinski definition) is 1. The second kappa shape index (κ2) is 7.47. The van der Waals surface area contributed by atoms with Crippen LogP contribution in [0.2, 0.25) is 0 Å². The molecular formula is C16H24N4O4S2. The predicted octanol–water partition coefficient (Wildman–Crippen LogP) is 1.35. The van der Waals surface area contributed by atoms with Crippen LogP contribution in [0.1, 0.15) is 25.7 Å². The van der Waals surface area contributed by atoms with Gasteiger partial charge in [0, 0.05) is 33.5 Å². The van der Waals surface area contributed by atoms with Crippen molar-refractivity contribution in [3.63, 3.8) is 0 Å². The van der Waals surface area contributed by atoms with E-state index in [2.05, 4.69) is 9.71 Å². The summed E-state index contributed by atoms with van der Waals surface area (Å²) in [5, 5.41) is 0. The second-order valence-corrected chi connectivity index (χ2v) is 10.4. The van der Waals surface area contributed by atoms with Crippen LogP contribution in [0.4, 0.5) is 0 Å². The zero-order valence-electron chi connectivity index (χ0n) is 15.4. The first-order valence-corrected chi connectivity index (χ1v) is 10.9. The molecule has 0 fully saturated rings. The normalized spacial score (nSPS) is 14.1. The quantitative estimate of drug-likeness (QED) is 0.756. The van der Waals surface area contributed by atoms with Crippen molar-refractivity contribution in [2.45, 2.75) is 29.7 Å². The highest BCUT2D eigenvalue weighted by Crippen LogP contribution is 2.24. The Kier molecular flexibility index (Phi) is 5.91. The third-order valence-electron chi connectivity index (χ3n) is 3.98. The van der Waals surface area contributed by atoms with E-state index in [1.807, 2.05) is 13.8 Å². The van der Waals surface area contributed by atoms with Gasteiger partial charge in [0.2, 0.25) is 20.0 Å². The summed E-state index contributed by atoms with van der Waals surface area (Å²) in [5.41, 5.74) is 0. The van der Waals surface area contributed by atoms with Gasteiger partial charge >= 0.3 is 0 Å². The molecule has 0 bridgehead atoms. The third kappa shape index (κ3) is 4.14. The second-order valence-electron chi connectivity index (χ2n) is 6.50. The van der Waals surface area contributed by atoms with Gasteiger partial charge in [-0.3, -0.25) is 0 Å². The molecule has 0 aliphatic rings. The summed E-state index contributed by atoms with van der Waals surface area (Å²) in [5.74, 6) is 0.528. The van der Waals surface area contributed by atoms with E-state index in [0.717, 1.165) is 10.4 Å². The zero-order chi connectivity index (χ0) is 19.7. The molecule has 0 saturated carbocycles. The lowest BCUT2D eigenvalue weighted by Gasteiger charge is -2.22. The van der Waals surface area contributed by atoms with Gasteiger partial charge in [0.15, 0.2) is 0 Å². The Morgan fingerprint density at radius 1 is 1.12 bits per heavy atom. The van der Waals surface area contributed by atoms with Crippen LogP contribution >= 0.6 is 0 Å². The zero-order valence-corrected chi connectivity index (χ0v) is 17.0. The SMILES string of the molecule is CC(C)[C@H](NS(=O)(=O)c1cccc(S(=O)(=O)N(C)C)c1)c1nccn1C. The molecule has 1 N–H and O–H groups in total. The van der Waals surface area contributed by atoms with E-state index in [9.17, 15) is 16.8 Å². The summed E-state index contributed by atoms with van der Waals surface area (Å²) in [6, 6.07) is 4.76. The van der Waals surface area contributed by atoms with E-state index in [1.165, 1.54) is 32.3 Å². The summed E-state index contributed by atoms with van der Waals surface area (Å²) in [7, 11) is -3.10. The molecule has 26 heavy (non-hydrogen) atoms. The maximum absolute atomic E-state index is 12.8. The molecule has 0 spiro atoms. The Morgan fingerprint density at radius 2 is 1.73 bits per heavy atom. The highest BCUT2D eigenvalue weighted by molar-refractivity contribution is 7.90. The van der Waals surface area contributed by atoms with Crippen molar-refractivity contribution in [3.8, 4) is 0 Å². The van der Waals surface area contributed by atoms with E-state index in [-0.39, 0.29) is 15.7 Å². The Balaban J connectivity index is 2.43. The predicted molar refractivity (Wildman–Crippen MR) is 98.4 cm³/mol. The molecule has 0 radical (unpaired) electrons. The van der Waals surface area contributed by atoms with Gasteiger partial charge in [0.25, 0.3) is 0 Å². The minimum Gasteiger partial charge on any atom is -0.337 e. The van der Waals surface area contributed by atoms with Crippen molar-refractivity contribution in [1.82, 2.24) is 18.6 Å². The molecule has 8 nitrogen and oxygen atoms in total. The maximum atomic E-state index is 12.8. The molecule has 1 aromatic carbocycles. The summed E-state index contributed by atoms with van der Waals surface area (Å²) >= 11 is 0. The van der Waals surface area contributed by atoms with Crippen LogP contribution < -0.4 is 4.72 Å². The third-order valence-corrected chi connectivity index (χ3v) is 7.23. The number of benzene rings is 1. The number of nitrogens with zero attached hydrogens (tertiary/aromatic N) is 3. The highest BCUT2D eigenvalue weighted by atomic mass is 32.2. The van der Waals surface area contributed by atoms with E-state index in [1.54, 1.807) is 24.0 Å². The molecule has 2 aromatic rings. The van der Waals surface area contributed by atoms with E-state index in [4.69, 9.17) is 0 Å². The fourth-order valence-electron chi connectivity index (χ4n) is 2.41. The Bertz CT molecular complexity index is 979. The molecule has 144 valence electrons. The number of aryl methyl sites for hydroxylation is 1. The lowest BCUT2D eigenvalue weighted by Crippen LogP contribution is -2.33. The molecule has 1 aromatic heterocycles. The van der Waals surface area contributed by atoms with Crippen LogP contribution in [-0.4, -0.2) is 44.8 Å². The van der Waals surface area contributed by atoms with Gasteiger partial charge in [-0.05, 0) is 24.1 Å². The Morgan fingerprint density at radius 3 is 2.23 bits per heavy atom. The standard InChI is InChI=1S/C16H24N4O4S2/c1-12(2)15(16-17-9-10-20(16)5)18-25(21,22)13-7-6-8-14(11-13)26(23,24)19(3)4/h6-12,15,18H,1-5H3/t15-/m0/s1. The fourth-order valence-corrected chi connectivity index (χ4v) is 4.82. The molecule has 0 aliphatic heterocycles. The number of rotatable bonds is 7. The van der Waals surface area contributed by atoms with Crippen LogP contribution in [0.25, 0.3) is 0 Å².